The number of amides is 1. The predicted octanol–water partition coefficient (Wildman–Crippen LogP) is 0.804. The highest BCUT2D eigenvalue weighted by molar-refractivity contribution is 7.92. The molecule has 1 amide bonds. The van der Waals surface area contributed by atoms with Gasteiger partial charge >= 0.3 is 11.9 Å². The van der Waals surface area contributed by atoms with Crippen molar-refractivity contribution in [1.29, 1.82) is 0 Å². The minimum absolute atomic E-state index is 0.396. The molecule has 0 saturated carbocycles. The lowest BCUT2D eigenvalue weighted by Gasteiger charge is -2.20. The van der Waals surface area contributed by atoms with Gasteiger partial charge in [-0.05, 0) is 12.8 Å². The Labute approximate surface area is 136 Å². The number of carboxylic acid groups (broad SMARTS) is 2. The molecule has 0 aliphatic heterocycles. The van der Waals surface area contributed by atoms with Gasteiger partial charge in [0.2, 0.25) is 5.91 Å². The molecule has 0 aromatic rings. The second-order valence-corrected chi connectivity index (χ2v) is 7.71. The first kappa shape index (κ1) is 21.4. The second-order valence-electron chi connectivity index (χ2n) is 5.38. The Hall–Kier alpha value is -1.64. The molecule has 0 rings (SSSR count). The van der Waals surface area contributed by atoms with Crippen LogP contribution in [0.1, 0.15) is 52.4 Å². The molecule has 0 spiro atoms. The molecule has 1 unspecified atom stereocenters. The summed E-state index contributed by atoms with van der Waals surface area (Å²) in [7, 11) is -3.68. The van der Waals surface area contributed by atoms with E-state index >= 15 is 0 Å². The summed E-state index contributed by atoms with van der Waals surface area (Å²) in [6.07, 6.45) is 1.36. The third kappa shape index (κ3) is 8.53. The number of carboxylic acids is 2. The zero-order valence-electron chi connectivity index (χ0n) is 13.4. The Kier molecular flexibility index (Phi) is 9.47. The van der Waals surface area contributed by atoms with E-state index in [1.807, 2.05) is 13.8 Å². The van der Waals surface area contributed by atoms with Crippen molar-refractivity contribution in [1.82, 2.24) is 5.32 Å². The smallest absolute Gasteiger partial charge is 0.327 e. The van der Waals surface area contributed by atoms with Crippen molar-refractivity contribution >= 4 is 27.7 Å². The first-order chi connectivity index (χ1) is 10.6. The Balaban J connectivity index is 4.93. The number of hydrogen-bond acceptors (Lipinski definition) is 5. The summed E-state index contributed by atoms with van der Waals surface area (Å²) in [6, 6.07) is -1.57. The molecule has 3 N–H and O–H groups in total. The van der Waals surface area contributed by atoms with Crippen molar-refractivity contribution < 1.29 is 33.0 Å². The maximum atomic E-state index is 12.4. The average molecular weight is 351 g/mol. The van der Waals surface area contributed by atoms with Gasteiger partial charge in [-0.15, -0.1) is 0 Å². The predicted molar refractivity (Wildman–Crippen MR) is 83.8 cm³/mol. The highest BCUT2D eigenvalue weighted by atomic mass is 32.2. The minimum atomic E-state index is -3.68. The maximum Gasteiger partial charge on any atom is 0.327 e. The Morgan fingerprint density at radius 3 is 1.91 bits per heavy atom. The van der Waals surface area contributed by atoms with E-state index in [0.717, 1.165) is 0 Å². The molecular weight excluding hydrogens is 326 g/mol. The van der Waals surface area contributed by atoms with Gasteiger partial charge in [0.05, 0.1) is 17.4 Å². The molecule has 0 radical (unpaired) electrons. The standard InChI is InChI=1S/C14H25NO7S/c1-3-5-10(6-4-2)23(21,22)9-11(14(19)20)15-12(16)7-8-13(17)18/h10-11H,3-9H2,1-2H3,(H,15,16)(H,17,18)(H,19,20). The van der Waals surface area contributed by atoms with Crippen molar-refractivity contribution in [3.8, 4) is 0 Å². The molecule has 0 aromatic carbocycles. The van der Waals surface area contributed by atoms with Gasteiger partial charge in [0, 0.05) is 6.42 Å². The highest BCUT2D eigenvalue weighted by Gasteiger charge is 2.31. The van der Waals surface area contributed by atoms with E-state index in [4.69, 9.17) is 10.2 Å². The van der Waals surface area contributed by atoms with Gasteiger partial charge < -0.3 is 15.5 Å². The molecule has 9 heteroatoms. The highest BCUT2D eigenvalue weighted by Crippen LogP contribution is 2.16. The van der Waals surface area contributed by atoms with Crippen molar-refractivity contribution in [2.75, 3.05) is 5.75 Å². The molecule has 8 nitrogen and oxygen atoms in total. The van der Waals surface area contributed by atoms with Gasteiger partial charge in [0.25, 0.3) is 0 Å². The molecule has 0 heterocycles. The average Bonchev–Trinajstić information content (AvgIpc) is 2.43. The third-order valence-electron chi connectivity index (χ3n) is 3.33. The zero-order chi connectivity index (χ0) is 18.0. The monoisotopic (exact) mass is 351 g/mol. The van der Waals surface area contributed by atoms with E-state index in [1.54, 1.807) is 0 Å². The summed E-state index contributed by atoms with van der Waals surface area (Å²) < 4.78 is 24.7. The third-order valence-corrected chi connectivity index (χ3v) is 5.61. The molecule has 0 saturated heterocycles. The van der Waals surface area contributed by atoms with Crippen LogP contribution in [0.25, 0.3) is 0 Å². The molecule has 0 bridgehead atoms. The first-order valence-electron chi connectivity index (χ1n) is 7.59. The molecule has 134 valence electrons. The number of nitrogens with one attached hydrogen (secondary N) is 1. The van der Waals surface area contributed by atoms with Crippen LogP contribution in [0.3, 0.4) is 0 Å². The molecule has 23 heavy (non-hydrogen) atoms. The van der Waals surface area contributed by atoms with Crippen molar-refractivity contribution in [3.05, 3.63) is 0 Å². The normalized spacial score (nSPS) is 12.8. The summed E-state index contributed by atoms with van der Waals surface area (Å²) in [4.78, 5) is 33.1. The van der Waals surface area contributed by atoms with E-state index < -0.39 is 57.6 Å². The summed E-state index contributed by atoms with van der Waals surface area (Å²) in [5.74, 6) is -4.13. The number of rotatable bonds is 12. The fourth-order valence-electron chi connectivity index (χ4n) is 2.18. The molecule has 0 aliphatic rings. The van der Waals surface area contributed by atoms with E-state index in [0.29, 0.717) is 25.7 Å². The van der Waals surface area contributed by atoms with Gasteiger partial charge in [-0.25, -0.2) is 13.2 Å². The topological polar surface area (TPSA) is 138 Å². The van der Waals surface area contributed by atoms with E-state index in [2.05, 4.69) is 5.32 Å². The number of hydrogen-bond donors (Lipinski definition) is 3. The van der Waals surface area contributed by atoms with Crippen LogP contribution in [0.4, 0.5) is 0 Å². The summed E-state index contributed by atoms with van der Waals surface area (Å²) in [5, 5.41) is 19.1. The molecule has 0 fully saturated rings. The van der Waals surface area contributed by atoms with Crippen LogP contribution in [0.2, 0.25) is 0 Å². The number of carbonyl (C=O) groups excluding carboxylic acids is 1. The molecule has 0 aromatic heterocycles. The Morgan fingerprint density at radius 2 is 1.52 bits per heavy atom. The number of aliphatic carboxylic acids is 2. The summed E-state index contributed by atoms with van der Waals surface area (Å²) >= 11 is 0. The van der Waals surface area contributed by atoms with Crippen LogP contribution in [-0.4, -0.2) is 53.5 Å². The van der Waals surface area contributed by atoms with Gasteiger partial charge in [0.15, 0.2) is 9.84 Å². The fraction of sp³-hybridized carbons (Fsp3) is 0.786. The fourth-order valence-corrected chi connectivity index (χ4v) is 4.33. The van der Waals surface area contributed by atoms with E-state index in [9.17, 15) is 22.8 Å². The molecular formula is C14H25NO7S. The zero-order valence-corrected chi connectivity index (χ0v) is 14.3. The van der Waals surface area contributed by atoms with Crippen LogP contribution in [0.5, 0.6) is 0 Å². The lowest BCUT2D eigenvalue weighted by atomic mass is 10.2. The van der Waals surface area contributed by atoms with Gasteiger partial charge in [0.1, 0.15) is 6.04 Å². The molecule has 0 aliphatic carbocycles. The summed E-state index contributed by atoms with van der Waals surface area (Å²) in [6.45, 7) is 3.70. The van der Waals surface area contributed by atoms with Crippen LogP contribution in [0, 0.1) is 0 Å². The lowest BCUT2D eigenvalue weighted by molar-refractivity contribution is -0.141. The van der Waals surface area contributed by atoms with Crippen LogP contribution >= 0.6 is 0 Å². The molecule has 1 atom stereocenters. The van der Waals surface area contributed by atoms with Crippen LogP contribution in [-0.2, 0) is 24.2 Å². The first-order valence-corrected chi connectivity index (χ1v) is 9.31. The van der Waals surface area contributed by atoms with E-state index in [-0.39, 0.29) is 0 Å². The van der Waals surface area contributed by atoms with Gasteiger partial charge in [-0.2, -0.15) is 0 Å². The summed E-state index contributed by atoms with van der Waals surface area (Å²) in [5.41, 5.74) is 0. The second kappa shape index (κ2) is 10.2. The number of sulfone groups is 1. The largest absolute Gasteiger partial charge is 0.481 e. The van der Waals surface area contributed by atoms with Gasteiger partial charge in [-0.1, -0.05) is 26.7 Å². The Bertz CT molecular complexity index is 509. The van der Waals surface area contributed by atoms with Crippen molar-refractivity contribution in [3.63, 3.8) is 0 Å². The minimum Gasteiger partial charge on any atom is -0.481 e. The van der Waals surface area contributed by atoms with Crippen LogP contribution in [0.15, 0.2) is 0 Å². The quantitative estimate of drug-likeness (QED) is 0.473. The van der Waals surface area contributed by atoms with Crippen molar-refractivity contribution in [2.24, 2.45) is 0 Å². The Morgan fingerprint density at radius 1 is 1.00 bits per heavy atom. The van der Waals surface area contributed by atoms with E-state index in [1.165, 1.54) is 0 Å². The number of carbonyl (C=O) groups is 3. The lowest BCUT2D eigenvalue weighted by Crippen LogP contribution is -2.47. The van der Waals surface area contributed by atoms with Crippen LogP contribution < -0.4 is 5.32 Å². The SMILES string of the molecule is CCCC(CCC)S(=O)(=O)CC(NC(=O)CCC(=O)O)C(=O)O. The van der Waals surface area contributed by atoms with Gasteiger partial charge in [-0.3, -0.25) is 9.59 Å². The maximum absolute atomic E-state index is 12.4. The van der Waals surface area contributed by atoms with Crippen molar-refractivity contribution in [2.45, 2.75) is 63.7 Å².